The van der Waals surface area contributed by atoms with Crippen LogP contribution in [0.25, 0.3) is 0 Å². The van der Waals surface area contributed by atoms with Crippen LogP contribution in [0.15, 0.2) is 6.20 Å². The highest BCUT2D eigenvalue weighted by molar-refractivity contribution is 5.90. The van der Waals surface area contributed by atoms with Gasteiger partial charge in [0, 0.05) is 32.6 Å². The quantitative estimate of drug-likeness (QED) is 0.700. The van der Waals surface area contributed by atoms with Crippen LogP contribution in [-0.4, -0.2) is 80.5 Å². The van der Waals surface area contributed by atoms with Crippen LogP contribution in [-0.2, 0) is 16.1 Å². The Hall–Kier alpha value is -2.00. The molecule has 2 heterocycles. The summed E-state index contributed by atoms with van der Waals surface area (Å²) >= 11 is 0. The number of nitrogens with one attached hydrogen (secondary N) is 1. The molecule has 3 rings (SSSR count). The summed E-state index contributed by atoms with van der Waals surface area (Å²) in [7, 11) is 3.67. The maximum atomic E-state index is 13.6. The van der Waals surface area contributed by atoms with Crippen LogP contribution < -0.4 is 5.32 Å². The number of carbonyl (C=O) groups excluding carboxylic acids is 2. The van der Waals surface area contributed by atoms with Gasteiger partial charge in [-0.15, -0.1) is 5.10 Å². The second-order valence-electron chi connectivity index (χ2n) is 10.2. The van der Waals surface area contributed by atoms with Gasteiger partial charge < -0.3 is 15.3 Å². The molecule has 1 saturated heterocycles. The third-order valence-corrected chi connectivity index (χ3v) is 6.60. The lowest BCUT2D eigenvalue weighted by atomic mass is 9.85. The number of hydrogen-bond donors (Lipinski definition) is 2. The molecule has 9 heteroatoms. The molecule has 1 saturated carbocycles. The summed E-state index contributed by atoms with van der Waals surface area (Å²) in [5.41, 5.74) is 0.386. The van der Waals surface area contributed by atoms with Crippen molar-refractivity contribution in [2.24, 2.45) is 5.41 Å². The number of rotatable bonds is 6. The van der Waals surface area contributed by atoms with Crippen LogP contribution in [0.4, 0.5) is 0 Å². The molecule has 9 nitrogen and oxygen atoms in total. The van der Waals surface area contributed by atoms with E-state index in [-0.39, 0.29) is 24.8 Å². The maximum Gasteiger partial charge on any atom is 0.248 e. The van der Waals surface area contributed by atoms with E-state index >= 15 is 0 Å². The first-order valence-electron chi connectivity index (χ1n) is 11.4. The highest BCUT2D eigenvalue weighted by atomic mass is 16.3. The Morgan fingerprint density at radius 1 is 1.29 bits per heavy atom. The van der Waals surface area contributed by atoms with E-state index in [9.17, 15) is 14.7 Å². The zero-order valence-electron chi connectivity index (χ0n) is 19.5. The number of aliphatic hydroxyl groups excluding tert-OH is 1. The minimum atomic E-state index is -0.706. The average molecular weight is 435 g/mol. The summed E-state index contributed by atoms with van der Waals surface area (Å²) in [6.45, 7) is 6.78. The van der Waals surface area contributed by atoms with Gasteiger partial charge in [-0.25, -0.2) is 4.68 Å². The number of nitrogens with zero attached hydrogens (tertiary/aromatic N) is 5. The van der Waals surface area contributed by atoms with E-state index < -0.39 is 23.6 Å². The summed E-state index contributed by atoms with van der Waals surface area (Å²) in [4.78, 5) is 29.7. The summed E-state index contributed by atoms with van der Waals surface area (Å²) in [5.74, 6) is -0.472. The third kappa shape index (κ3) is 5.44. The molecule has 0 bridgehead atoms. The lowest BCUT2D eigenvalue weighted by Crippen LogP contribution is -2.49. The Kier molecular flexibility index (Phi) is 7.36. The fraction of sp³-hybridized carbons (Fsp3) is 0.818. The van der Waals surface area contributed by atoms with Gasteiger partial charge in [-0.2, -0.15) is 0 Å². The Balaban J connectivity index is 1.78. The number of hydrogen-bond acceptors (Lipinski definition) is 6. The molecular formula is C22H38N6O3. The van der Waals surface area contributed by atoms with E-state index in [4.69, 9.17) is 0 Å². The predicted molar refractivity (Wildman–Crippen MR) is 117 cm³/mol. The van der Waals surface area contributed by atoms with Crippen molar-refractivity contribution in [1.29, 1.82) is 0 Å². The van der Waals surface area contributed by atoms with Crippen molar-refractivity contribution in [3.8, 4) is 0 Å². The van der Waals surface area contributed by atoms with Crippen LogP contribution in [0, 0.1) is 5.41 Å². The predicted octanol–water partition coefficient (Wildman–Crippen LogP) is 1.34. The van der Waals surface area contributed by atoms with Gasteiger partial charge in [-0.3, -0.25) is 14.5 Å². The number of β-amino-alcohol motifs (C(OH)–C–C–N with tert-alkyl or cyclic N) is 1. The van der Waals surface area contributed by atoms with Crippen molar-refractivity contribution in [3.05, 3.63) is 11.9 Å². The standard InChI is InChI=1S/C22H38N6O3/c1-22(2,3)19(21(31)27-14-17(29)11-18(27)20(30)23-4)28-13-15(24-25-28)12-26(5)16-9-7-6-8-10-16/h13,16-19,29H,6-12,14H2,1-5H3,(H,23,30)/t17-,18+,19-/m1/s1. The van der Waals surface area contributed by atoms with E-state index in [0.717, 1.165) is 5.69 Å². The summed E-state index contributed by atoms with van der Waals surface area (Å²) in [6.07, 6.45) is 7.69. The lowest BCUT2D eigenvalue weighted by Gasteiger charge is -2.34. The van der Waals surface area contributed by atoms with E-state index in [1.807, 2.05) is 27.0 Å². The maximum absolute atomic E-state index is 13.6. The zero-order chi connectivity index (χ0) is 22.8. The van der Waals surface area contributed by atoms with Crippen LogP contribution in [0.3, 0.4) is 0 Å². The molecule has 2 N–H and O–H groups in total. The first-order valence-corrected chi connectivity index (χ1v) is 11.4. The van der Waals surface area contributed by atoms with Crippen molar-refractivity contribution in [1.82, 2.24) is 30.1 Å². The van der Waals surface area contributed by atoms with Gasteiger partial charge in [0.25, 0.3) is 0 Å². The second kappa shape index (κ2) is 9.65. The fourth-order valence-corrected chi connectivity index (χ4v) is 4.93. The van der Waals surface area contributed by atoms with E-state index in [0.29, 0.717) is 12.6 Å². The second-order valence-corrected chi connectivity index (χ2v) is 10.2. The monoisotopic (exact) mass is 434 g/mol. The summed E-state index contributed by atoms with van der Waals surface area (Å²) in [5, 5.41) is 21.4. The Morgan fingerprint density at radius 2 is 1.97 bits per heavy atom. The lowest BCUT2D eigenvalue weighted by molar-refractivity contribution is -0.144. The number of carbonyl (C=O) groups is 2. The van der Waals surface area contributed by atoms with Gasteiger partial charge in [-0.1, -0.05) is 45.2 Å². The zero-order valence-corrected chi connectivity index (χ0v) is 19.5. The molecule has 0 radical (unpaired) electrons. The summed E-state index contributed by atoms with van der Waals surface area (Å²) in [6, 6.07) is -0.720. The van der Waals surface area contributed by atoms with Crippen LogP contribution in [0.1, 0.15) is 71.0 Å². The Bertz CT molecular complexity index is 768. The highest BCUT2D eigenvalue weighted by Gasteiger charge is 2.45. The van der Waals surface area contributed by atoms with E-state index in [1.54, 1.807) is 11.7 Å². The number of aliphatic hydroxyl groups is 1. The SMILES string of the molecule is CNC(=O)[C@@H]1C[C@@H](O)CN1C(=O)[C@@H](n1cc(CN(C)C2CCCCC2)nn1)C(C)(C)C. The smallest absolute Gasteiger partial charge is 0.248 e. The first-order chi connectivity index (χ1) is 14.6. The minimum absolute atomic E-state index is 0.148. The van der Waals surface area contributed by atoms with Gasteiger partial charge in [0.15, 0.2) is 0 Å². The molecule has 0 aromatic carbocycles. The molecule has 1 aromatic heterocycles. The molecule has 2 aliphatic rings. The topological polar surface area (TPSA) is 104 Å². The van der Waals surface area contributed by atoms with Crippen molar-refractivity contribution in [3.63, 3.8) is 0 Å². The van der Waals surface area contributed by atoms with Crippen LogP contribution >= 0.6 is 0 Å². The molecule has 0 unspecified atom stereocenters. The van der Waals surface area contributed by atoms with Crippen molar-refractivity contribution in [2.75, 3.05) is 20.6 Å². The van der Waals surface area contributed by atoms with Gasteiger partial charge in [0.05, 0.1) is 18.0 Å². The van der Waals surface area contributed by atoms with Gasteiger partial charge in [0.2, 0.25) is 11.8 Å². The third-order valence-electron chi connectivity index (χ3n) is 6.60. The molecule has 0 spiro atoms. The van der Waals surface area contributed by atoms with Gasteiger partial charge in [0.1, 0.15) is 12.1 Å². The fourth-order valence-electron chi connectivity index (χ4n) is 4.93. The molecule has 1 aliphatic heterocycles. The highest BCUT2D eigenvalue weighted by Crippen LogP contribution is 2.34. The van der Waals surface area contributed by atoms with Crippen LogP contribution in [0.2, 0.25) is 0 Å². The van der Waals surface area contributed by atoms with E-state index in [1.165, 1.54) is 37.0 Å². The summed E-state index contributed by atoms with van der Waals surface area (Å²) < 4.78 is 1.64. The first kappa shape index (κ1) is 23.7. The minimum Gasteiger partial charge on any atom is -0.391 e. The number of likely N-dealkylation sites (N-methyl/N-ethyl adjacent to an activating group) is 1. The molecule has 2 fully saturated rings. The largest absolute Gasteiger partial charge is 0.391 e. The molecule has 3 atom stereocenters. The van der Waals surface area contributed by atoms with E-state index in [2.05, 4.69) is 27.6 Å². The molecular weight excluding hydrogens is 396 g/mol. The number of amides is 2. The molecule has 31 heavy (non-hydrogen) atoms. The molecule has 1 aliphatic carbocycles. The average Bonchev–Trinajstić information content (AvgIpc) is 3.33. The molecule has 2 amide bonds. The Morgan fingerprint density at radius 3 is 2.58 bits per heavy atom. The molecule has 1 aromatic rings. The Labute approximate surface area is 185 Å². The van der Waals surface area contributed by atoms with Gasteiger partial charge >= 0.3 is 0 Å². The molecule has 174 valence electrons. The normalized spacial score (nSPS) is 23.9. The van der Waals surface area contributed by atoms with Crippen molar-refractivity contribution < 1.29 is 14.7 Å². The van der Waals surface area contributed by atoms with Gasteiger partial charge in [-0.05, 0) is 25.3 Å². The van der Waals surface area contributed by atoms with Crippen LogP contribution in [0.5, 0.6) is 0 Å². The number of likely N-dealkylation sites (tertiary alicyclic amines) is 1. The van der Waals surface area contributed by atoms with Crippen molar-refractivity contribution >= 4 is 11.8 Å². The van der Waals surface area contributed by atoms with Crippen molar-refractivity contribution in [2.45, 2.75) is 90.1 Å². The number of aromatic nitrogens is 3.